The zero-order chi connectivity index (χ0) is 12.7. The van der Waals surface area contributed by atoms with E-state index in [1.54, 1.807) is 0 Å². The summed E-state index contributed by atoms with van der Waals surface area (Å²) in [6.07, 6.45) is 5.45. The van der Waals surface area contributed by atoms with Crippen LogP contribution in [0.5, 0.6) is 0 Å². The molecule has 0 N–H and O–H groups in total. The Balaban J connectivity index is 2.47. The second-order valence-electron chi connectivity index (χ2n) is 4.85. The number of halogens is 1. The Morgan fingerprint density at radius 1 is 1.24 bits per heavy atom. The van der Waals surface area contributed by atoms with E-state index in [4.69, 9.17) is 11.6 Å². The van der Waals surface area contributed by atoms with Crippen LogP contribution in [0.3, 0.4) is 0 Å². The Morgan fingerprint density at radius 3 is 2.65 bits per heavy atom. The van der Waals surface area contributed by atoms with Gasteiger partial charge in [-0.2, -0.15) is 0 Å². The molecule has 0 radical (unpaired) electrons. The molecule has 0 aromatic carbocycles. The molecule has 0 spiro atoms. The molecule has 0 aliphatic carbocycles. The predicted molar refractivity (Wildman–Crippen MR) is 73.5 cm³/mol. The summed E-state index contributed by atoms with van der Waals surface area (Å²) in [5.41, 5.74) is 0. The zero-order valence-electron chi connectivity index (χ0n) is 10.7. The van der Waals surface area contributed by atoms with Crippen molar-refractivity contribution in [3.8, 4) is 0 Å². The molecule has 1 fully saturated rings. The standard InChI is InChI=1S/C12H24ClNO2S/c1-2-9-17(15,16)10-8-14-7-5-3-4-6-12(14)11-13/h12H,2-11H2,1H3. The van der Waals surface area contributed by atoms with Crippen molar-refractivity contribution < 1.29 is 8.42 Å². The van der Waals surface area contributed by atoms with E-state index in [0.717, 1.165) is 13.0 Å². The van der Waals surface area contributed by atoms with E-state index in [9.17, 15) is 8.42 Å². The maximum atomic E-state index is 11.7. The van der Waals surface area contributed by atoms with Crippen molar-refractivity contribution in [1.82, 2.24) is 4.90 Å². The highest BCUT2D eigenvalue weighted by atomic mass is 35.5. The van der Waals surface area contributed by atoms with Crippen LogP contribution in [0.25, 0.3) is 0 Å². The Labute approximate surface area is 110 Å². The summed E-state index contributed by atoms with van der Waals surface area (Å²) in [6, 6.07) is 0.371. The fourth-order valence-electron chi connectivity index (χ4n) is 2.38. The van der Waals surface area contributed by atoms with Crippen molar-refractivity contribution in [2.45, 2.75) is 45.1 Å². The molecule has 1 aliphatic heterocycles. The van der Waals surface area contributed by atoms with Crippen molar-refractivity contribution >= 4 is 21.4 Å². The topological polar surface area (TPSA) is 37.4 Å². The van der Waals surface area contributed by atoms with E-state index in [1.807, 2.05) is 6.92 Å². The van der Waals surface area contributed by atoms with Crippen LogP contribution in [-0.2, 0) is 9.84 Å². The number of sulfone groups is 1. The number of hydrogen-bond acceptors (Lipinski definition) is 3. The molecule has 3 nitrogen and oxygen atoms in total. The lowest BCUT2D eigenvalue weighted by atomic mass is 10.1. The number of rotatable bonds is 6. The van der Waals surface area contributed by atoms with E-state index in [2.05, 4.69) is 4.90 Å². The van der Waals surface area contributed by atoms with Gasteiger partial charge in [0.05, 0.1) is 5.75 Å². The molecule has 1 atom stereocenters. The summed E-state index contributed by atoms with van der Waals surface area (Å²) in [6.45, 7) is 3.56. The van der Waals surface area contributed by atoms with E-state index in [-0.39, 0.29) is 5.75 Å². The summed E-state index contributed by atoms with van der Waals surface area (Å²) < 4.78 is 23.4. The molecule has 1 unspecified atom stereocenters. The number of likely N-dealkylation sites (tertiary alicyclic amines) is 1. The molecular weight excluding hydrogens is 258 g/mol. The first kappa shape index (κ1) is 15.3. The van der Waals surface area contributed by atoms with Crippen LogP contribution in [0.2, 0.25) is 0 Å². The largest absolute Gasteiger partial charge is 0.298 e. The predicted octanol–water partition coefficient (Wildman–Crippen LogP) is 2.29. The zero-order valence-corrected chi connectivity index (χ0v) is 12.3. The van der Waals surface area contributed by atoms with Crippen molar-refractivity contribution in [1.29, 1.82) is 0 Å². The van der Waals surface area contributed by atoms with E-state index in [0.29, 0.717) is 30.6 Å². The summed E-state index contributed by atoms with van der Waals surface area (Å²) in [7, 11) is -2.86. The lowest BCUT2D eigenvalue weighted by molar-refractivity contribution is 0.228. The van der Waals surface area contributed by atoms with Crippen molar-refractivity contribution in [3.63, 3.8) is 0 Å². The van der Waals surface area contributed by atoms with Gasteiger partial charge in [-0.05, 0) is 25.8 Å². The van der Waals surface area contributed by atoms with Gasteiger partial charge in [-0.25, -0.2) is 8.42 Å². The van der Waals surface area contributed by atoms with Gasteiger partial charge in [-0.3, -0.25) is 4.90 Å². The fraction of sp³-hybridized carbons (Fsp3) is 1.00. The summed E-state index contributed by atoms with van der Waals surface area (Å²) in [5.74, 6) is 1.22. The van der Waals surface area contributed by atoms with Gasteiger partial charge in [0.1, 0.15) is 0 Å². The average Bonchev–Trinajstić information content (AvgIpc) is 2.51. The first-order valence-corrected chi connectivity index (χ1v) is 8.95. The Hall–Kier alpha value is 0.200. The molecule has 1 aliphatic rings. The monoisotopic (exact) mass is 281 g/mol. The molecule has 0 aromatic heterocycles. The highest BCUT2D eigenvalue weighted by Crippen LogP contribution is 2.17. The molecule has 1 rings (SSSR count). The quantitative estimate of drug-likeness (QED) is 0.701. The maximum absolute atomic E-state index is 11.7. The third kappa shape index (κ3) is 5.58. The molecule has 17 heavy (non-hydrogen) atoms. The molecular formula is C12H24ClNO2S. The Morgan fingerprint density at radius 2 is 2.00 bits per heavy atom. The van der Waals surface area contributed by atoms with Crippen molar-refractivity contribution in [3.05, 3.63) is 0 Å². The Bertz CT molecular complexity index is 306. The van der Waals surface area contributed by atoms with Crippen LogP contribution in [0.15, 0.2) is 0 Å². The van der Waals surface area contributed by atoms with Gasteiger partial charge in [0, 0.05) is 24.2 Å². The van der Waals surface area contributed by atoms with Gasteiger partial charge >= 0.3 is 0 Å². The van der Waals surface area contributed by atoms with Gasteiger partial charge < -0.3 is 0 Å². The van der Waals surface area contributed by atoms with Gasteiger partial charge in [-0.15, -0.1) is 11.6 Å². The summed E-state index contributed by atoms with van der Waals surface area (Å²) in [4.78, 5) is 2.27. The Kier molecular flexibility index (Phi) is 6.82. The molecule has 0 aromatic rings. The molecule has 0 amide bonds. The average molecular weight is 282 g/mol. The van der Waals surface area contributed by atoms with Crippen LogP contribution < -0.4 is 0 Å². The molecule has 102 valence electrons. The van der Waals surface area contributed by atoms with Crippen LogP contribution in [-0.4, -0.2) is 49.8 Å². The minimum Gasteiger partial charge on any atom is -0.298 e. The number of alkyl halides is 1. The van der Waals surface area contributed by atoms with Crippen molar-refractivity contribution in [2.75, 3.05) is 30.5 Å². The SMILES string of the molecule is CCCS(=O)(=O)CCN1CCCCCC1CCl. The number of nitrogens with zero attached hydrogens (tertiary/aromatic N) is 1. The second-order valence-corrected chi connectivity index (χ2v) is 7.46. The van der Waals surface area contributed by atoms with E-state index in [1.165, 1.54) is 19.3 Å². The minimum absolute atomic E-state index is 0.286. The minimum atomic E-state index is -2.86. The fourth-order valence-corrected chi connectivity index (χ4v) is 4.06. The third-order valence-electron chi connectivity index (χ3n) is 3.38. The van der Waals surface area contributed by atoms with Gasteiger partial charge in [0.15, 0.2) is 9.84 Å². The smallest absolute Gasteiger partial charge is 0.151 e. The van der Waals surface area contributed by atoms with Gasteiger partial charge in [0.2, 0.25) is 0 Å². The van der Waals surface area contributed by atoms with Crippen LogP contribution in [0, 0.1) is 0 Å². The first-order chi connectivity index (χ1) is 8.09. The van der Waals surface area contributed by atoms with Gasteiger partial charge in [0.25, 0.3) is 0 Å². The van der Waals surface area contributed by atoms with E-state index < -0.39 is 9.84 Å². The summed E-state index contributed by atoms with van der Waals surface area (Å²) in [5, 5.41) is 0. The van der Waals surface area contributed by atoms with Gasteiger partial charge in [-0.1, -0.05) is 19.8 Å². The van der Waals surface area contributed by atoms with E-state index >= 15 is 0 Å². The first-order valence-electron chi connectivity index (χ1n) is 6.59. The summed E-state index contributed by atoms with van der Waals surface area (Å²) >= 11 is 5.97. The van der Waals surface area contributed by atoms with Crippen LogP contribution in [0.1, 0.15) is 39.0 Å². The highest BCUT2D eigenvalue weighted by molar-refractivity contribution is 7.91. The maximum Gasteiger partial charge on any atom is 0.151 e. The second kappa shape index (κ2) is 7.59. The van der Waals surface area contributed by atoms with Crippen LogP contribution in [0.4, 0.5) is 0 Å². The highest BCUT2D eigenvalue weighted by Gasteiger charge is 2.21. The van der Waals surface area contributed by atoms with Crippen LogP contribution >= 0.6 is 11.6 Å². The lowest BCUT2D eigenvalue weighted by Crippen LogP contribution is -2.39. The molecule has 0 bridgehead atoms. The molecule has 5 heteroatoms. The lowest BCUT2D eigenvalue weighted by Gasteiger charge is -2.28. The number of hydrogen-bond donors (Lipinski definition) is 0. The third-order valence-corrected chi connectivity index (χ3v) is 5.57. The molecule has 0 saturated carbocycles. The molecule has 1 heterocycles. The normalized spacial score (nSPS) is 23.5. The molecule has 1 saturated heterocycles. The van der Waals surface area contributed by atoms with Crippen molar-refractivity contribution in [2.24, 2.45) is 0 Å².